The minimum Gasteiger partial charge on any atom is -0.469 e. The Morgan fingerprint density at radius 2 is 2.04 bits per heavy atom. The standard InChI is InChI=1S/C22H18N2O3S/c23-12-15-20(19-10-5-11-27-19)21-16(8-4-9-17(21)25)24-22(15)28-13-18(26)14-6-2-1-3-7-14/h1-3,5-7,10-11,15,20H,4,8-9,13H2/t15?,20-/m0/s1. The Morgan fingerprint density at radius 3 is 2.75 bits per heavy atom. The molecule has 0 bridgehead atoms. The van der Waals surface area contributed by atoms with Crippen LogP contribution in [0.2, 0.25) is 0 Å². The maximum Gasteiger partial charge on any atom is 0.173 e. The molecule has 2 heterocycles. The number of ketones is 2. The number of rotatable bonds is 4. The van der Waals surface area contributed by atoms with Crippen LogP contribution in [0.5, 0.6) is 0 Å². The third-order valence-electron chi connectivity index (χ3n) is 5.02. The minimum absolute atomic E-state index is 0.0148. The first-order valence-corrected chi connectivity index (χ1v) is 10.2. The van der Waals surface area contributed by atoms with Gasteiger partial charge in [-0.25, -0.2) is 4.99 Å². The fourth-order valence-corrected chi connectivity index (χ4v) is 4.69. The van der Waals surface area contributed by atoms with Crippen LogP contribution in [-0.2, 0) is 4.79 Å². The molecule has 1 aliphatic heterocycles. The predicted octanol–water partition coefficient (Wildman–Crippen LogP) is 4.54. The van der Waals surface area contributed by atoms with Gasteiger partial charge in [-0.15, -0.1) is 11.8 Å². The van der Waals surface area contributed by atoms with Gasteiger partial charge in [0.1, 0.15) is 11.7 Å². The van der Waals surface area contributed by atoms with Crippen molar-refractivity contribution >= 4 is 28.4 Å². The number of nitriles is 1. The highest BCUT2D eigenvalue weighted by Gasteiger charge is 2.42. The number of aliphatic imine (C=N–C) groups is 1. The molecule has 0 radical (unpaired) electrons. The molecule has 5 nitrogen and oxygen atoms in total. The monoisotopic (exact) mass is 390 g/mol. The Balaban J connectivity index is 1.65. The van der Waals surface area contributed by atoms with Crippen LogP contribution in [0.1, 0.15) is 41.3 Å². The number of carbonyl (C=O) groups excluding carboxylic acids is 2. The van der Waals surface area contributed by atoms with Crippen molar-refractivity contribution in [3.63, 3.8) is 0 Å². The van der Waals surface area contributed by atoms with Crippen molar-refractivity contribution in [1.82, 2.24) is 0 Å². The molecular formula is C22H18N2O3S. The summed E-state index contributed by atoms with van der Waals surface area (Å²) < 4.78 is 5.58. The summed E-state index contributed by atoms with van der Waals surface area (Å²) in [5.41, 5.74) is 1.97. The van der Waals surface area contributed by atoms with E-state index in [1.165, 1.54) is 11.8 Å². The van der Waals surface area contributed by atoms with E-state index in [1.807, 2.05) is 18.2 Å². The highest BCUT2D eigenvalue weighted by molar-refractivity contribution is 8.14. The summed E-state index contributed by atoms with van der Waals surface area (Å²) >= 11 is 1.28. The van der Waals surface area contributed by atoms with E-state index in [1.54, 1.807) is 30.5 Å². The molecule has 1 aromatic carbocycles. The molecule has 1 unspecified atom stereocenters. The van der Waals surface area contributed by atoms with E-state index in [9.17, 15) is 14.9 Å². The van der Waals surface area contributed by atoms with Crippen LogP contribution >= 0.6 is 11.8 Å². The number of nitrogens with zero attached hydrogens (tertiary/aromatic N) is 2. The quantitative estimate of drug-likeness (QED) is 0.716. The molecule has 0 fully saturated rings. The normalized spacial score (nSPS) is 21.7. The van der Waals surface area contributed by atoms with E-state index < -0.39 is 11.8 Å². The zero-order chi connectivity index (χ0) is 19.5. The summed E-state index contributed by atoms with van der Waals surface area (Å²) in [5, 5.41) is 10.5. The number of allylic oxidation sites excluding steroid dienone is 2. The van der Waals surface area contributed by atoms with Gasteiger partial charge >= 0.3 is 0 Å². The van der Waals surface area contributed by atoms with Crippen LogP contribution in [0.15, 0.2) is 69.4 Å². The fourth-order valence-electron chi connectivity index (χ4n) is 3.70. The molecule has 0 saturated carbocycles. The van der Waals surface area contributed by atoms with Gasteiger partial charge < -0.3 is 4.42 Å². The molecule has 0 saturated heterocycles. The molecule has 4 rings (SSSR count). The number of carbonyl (C=O) groups is 2. The largest absolute Gasteiger partial charge is 0.469 e. The molecule has 2 aliphatic rings. The van der Waals surface area contributed by atoms with Crippen molar-refractivity contribution in [3.05, 3.63) is 71.3 Å². The second-order valence-electron chi connectivity index (χ2n) is 6.76. The molecule has 28 heavy (non-hydrogen) atoms. The molecule has 0 N–H and O–H groups in total. The van der Waals surface area contributed by atoms with Crippen LogP contribution in [0.3, 0.4) is 0 Å². The molecule has 2 aromatic rings. The molecule has 2 atom stereocenters. The molecular weight excluding hydrogens is 372 g/mol. The molecule has 6 heteroatoms. The summed E-state index contributed by atoms with van der Waals surface area (Å²) in [6.07, 6.45) is 3.48. The van der Waals surface area contributed by atoms with Crippen molar-refractivity contribution in [2.75, 3.05) is 5.75 Å². The number of benzene rings is 1. The first-order chi connectivity index (χ1) is 13.7. The molecule has 0 spiro atoms. The van der Waals surface area contributed by atoms with Gasteiger partial charge in [0.25, 0.3) is 0 Å². The maximum atomic E-state index is 12.6. The molecule has 1 aromatic heterocycles. The SMILES string of the molecule is N#CC1C(SCC(=O)c2ccccc2)=NC2=C(C(=O)CCC2)[C@@H]1c1ccco1. The summed E-state index contributed by atoms with van der Waals surface area (Å²) in [7, 11) is 0. The first-order valence-electron chi connectivity index (χ1n) is 9.18. The number of thioether (sulfide) groups is 1. The fraction of sp³-hybridized carbons (Fsp3) is 0.273. The number of hydrogen-bond donors (Lipinski definition) is 0. The lowest BCUT2D eigenvalue weighted by Crippen LogP contribution is -2.30. The Morgan fingerprint density at radius 1 is 1.21 bits per heavy atom. The van der Waals surface area contributed by atoms with E-state index >= 15 is 0 Å². The third kappa shape index (κ3) is 3.46. The highest BCUT2D eigenvalue weighted by Crippen LogP contribution is 2.44. The van der Waals surface area contributed by atoms with Crippen LogP contribution in [0.25, 0.3) is 0 Å². The lowest BCUT2D eigenvalue weighted by Gasteiger charge is -2.31. The topological polar surface area (TPSA) is 83.4 Å². The van der Waals surface area contributed by atoms with Crippen molar-refractivity contribution in [2.24, 2.45) is 10.9 Å². The van der Waals surface area contributed by atoms with Crippen LogP contribution in [-0.4, -0.2) is 22.4 Å². The van der Waals surface area contributed by atoms with Gasteiger partial charge in [0.15, 0.2) is 11.6 Å². The zero-order valence-corrected chi connectivity index (χ0v) is 15.9. The van der Waals surface area contributed by atoms with Gasteiger partial charge in [-0.1, -0.05) is 30.3 Å². The number of Topliss-reactive ketones (excluding diaryl/α,β-unsaturated/α-hetero) is 2. The van der Waals surface area contributed by atoms with Crippen LogP contribution in [0.4, 0.5) is 0 Å². The Bertz CT molecular complexity index is 1000. The lowest BCUT2D eigenvalue weighted by atomic mass is 9.76. The Labute approximate surface area is 167 Å². The Hall–Kier alpha value is -2.91. The molecule has 1 aliphatic carbocycles. The molecule has 0 amide bonds. The molecule has 140 valence electrons. The second kappa shape index (κ2) is 7.99. The van der Waals surface area contributed by atoms with Gasteiger partial charge in [-0.05, 0) is 25.0 Å². The summed E-state index contributed by atoms with van der Waals surface area (Å²) in [5.74, 6) is -0.287. The highest BCUT2D eigenvalue weighted by atomic mass is 32.2. The van der Waals surface area contributed by atoms with Crippen molar-refractivity contribution in [2.45, 2.75) is 25.2 Å². The second-order valence-corrected chi connectivity index (χ2v) is 7.76. The average molecular weight is 390 g/mol. The smallest absolute Gasteiger partial charge is 0.173 e. The lowest BCUT2D eigenvalue weighted by molar-refractivity contribution is -0.116. The maximum absolute atomic E-state index is 12.6. The van der Waals surface area contributed by atoms with E-state index in [0.29, 0.717) is 34.8 Å². The Kier molecular flexibility index (Phi) is 5.27. The minimum atomic E-state index is -0.638. The first kappa shape index (κ1) is 18.5. The van der Waals surface area contributed by atoms with Crippen molar-refractivity contribution in [1.29, 1.82) is 5.26 Å². The van der Waals surface area contributed by atoms with Gasteiger partial charge in [-0.2, -0.15) is 5.26 Å². The van der Waals surface area contributed by atoms with E-state index in [4.69, 9.17) is 4.42 Å². The predicted molar refractivity (Wildman–Crippen MR) is 107 cm³/mol. The number of furan rings is 1. The van der Waals surface area contributed by atoms with Crippen LogP contribution < -0.4 is 0 Å². The van der Waals surface area contributed by atoms with E-state index in [0.717, 1.165) is 12.1 Å². The van der Waals surface area contributed by atoms with Gasteiger partial charge in [0.05, 0.1) is 29.0 Å². The van der Waals surface area contributed by atoms with Gasteiger partial charge in [0.2, 0.25) is 0 Å². The summed E-state index contributed by atoms with van der Waals surface area (Å²) in [4.78, 5) is 29.8. The number of hydrogen-bond acceptors (Lipinski definition) is 6. The summed E-state index contributed by atoms with van der Waals surface area (Å²) in [6, 6.07) is 14.9. The van der Waals surface area contributed by atoms with Crippen LogP contribution in [0, 0.1) is 17.2 Å². The van der Waals surface area contributed by atoms with Gasteiger partial charge in [-0.3, -0.25) is 9.59 Å². The average Bonchev–Trinajstić information content (AvgIpc) is 3.26. The third-order valence-corrected chi connectivity index (χ3v) is 6.07. The van der Waals surface area contributed by atoms with E-state index in [2.05, 4.69) is 11.1 Å². The zero-order valence-electron chi connectivity index (χ0n) is 15.1. The van der Waals surface area contributed by atoms with Gasteiger partial charge in [0, 0.05) is 23.3 Å². The van der Waals surface area contributed by atoms with Crippen molar-refractivity contribution < 1.29 is 14.0 Å². The van der Waals surface area contributed by atoms with E-state index in [-0.39, 0.29) is 17.3 Å². The summed E-state index contributed by atoms with van der Waals surface area (Å²) in [6.45, 7) is 0. The van der Waals surface area contributed by atoms with Crippen molar-refractivity contribution in [3.8, 4) is 6.07 Å².